The summed E-state index contributed by atoms with van der Waals surface area (Å²) >= 11 is 1.53. The summed E-state index contributed by atoms with van der Waals surface area (Å²) < 4.78 is 1.77. The molecule has 118 valence electrons. The second kappa shape index (κ2) is 6.68. The molecule has 0 aliphatic carbocycles. The van der Waals surface area contributed by atoms with E-state index < -0.39 is 0 Å². The van der Waals surface area contributed by atoms with E-state index in [4.69, 9.17) is 4.84 Å². The van der Waals surface area contributed by atoms with Crippen LogP contribution in [0.25, 0.3) is 0 Å². The third-order valence-corrected chi connectivity index (χ3v) is 4.94. The molecule has 1 aromatic rings. The van der Waals surface area contributed by atoms with Crippen LogP contribution in [-0.2, 0) is 20.2 Å². The number of likely N-dealkylation sites (N-methyl/N-ethyl adjacent to an activating group) is 1. The molecular formula is C15H19N3O3S. The molecule has 1 unspecified atom stereocenters. The Kier molecular flexibility index (Phi) is 4.66. The average molecular weight is 321 g/mol. The molecule has 1 atom stereocenters. The summed E-state index contributed by atoms with van der Waals surface area (Å²) in [5, 5.41) is 0. The summed E-state index contributed by atoms with van der Waals surface area (Å²) in [5.74, 6) is 0.775. The molecule has 0 N–H and O–H groups in total. The molecule has 0 saturated carbocycles. The number of amides is 2. The van der Waals surface area contributed by atoms with Crippen molar-refractivity contribution in [3.63, 3.8) is 0 Å². The van der Waals surface area contributed by atoms with Crippen LogP contribution in [0.4, 0.5) is 0 Å². The minimum Gasteiger partial charge on any atom is -0.342 e. The van der Waals surface area contributed by atoms with E-state index in [0.717, 1.165) is 5.75 Å². The van der Waals surface area contributed by atoms with Gasteiger partial charge in [-0.05, 0) is 17.5 Å². The van der Waals surface area contributed by atoms with Crippen molar-refractivity contribution < 1.29 is 14.4 Å². The SMILES string of the molecule is CN1CC2N(SCc3ccccc3)OCC(=O)N2CCC1=O. The molecular weight excluding hydrogens is 302 g/mol. The zero-order valence-corrected chi connectivity index (χ0v) is 13.3. The van der Waals surface area contributed by atoms with Gasteiger partial charge in [0.1, 0.15) is 12.8 Å². The number of carbonyl (C=O) groups excluding carboxylic acids is 2. The van der Waals surface area contributed by atoms with Crippen molar-refractivity contribution in [1.82, 2.24) is 14.3 Å². The highest BCUT2D eigenvalue weighted by Gasteiger charge is 2.39. The van der Waals surface area contributed by atoms with Crippen LogP contribution in [0.1, 0.15) is 12.0 Å². The second-order valence-electron chi connectivity index (χ2n) is 5.41. The van der Waals surface area contributed by atoms with Gasteiger partial charge < -0.3 is 9.80 Å². The minimum absolute atomic E-state index is 0.0379. The zero-order chi connectivity index (χ0) is 15.5. The maximum absolute atomic E-state index is 12.0. The van der Waals surface area contributed by atoms with Crippen molar-refractivity contribution in [3.8, 4) is 0 Å². The summed E-state index contributed by atoms with van der Waals surface area (Å²) in [6.45, 7) is 0.959. The van der Waals surface area contributed by atoms with Gasteiger partial charge in [0.25, 0.3) is 5.91 Å². The van der Waals surface area contributed by atoms with Crippen molar-refractivity contribution >= 4 is 23.8 Å². The lowest BCUT2D eigenvalue weighted by Crippen LogP contribution is -2.57. The average Bonchev–Trinajstić information content (AvgIpc) is 2.68. The Balaban J connectivity index is 1.70. The topological polar surface area (TPSA) is 53.1 Å². The first-order chi connectivity index (χ1) is 10.6. The Morgan fingerprint density at radius 3 is 2.77 bits per heavy atom. The molecule has 2 fully saturated rings. The molecule has 6 nitrogen and oxygen atoms in total. The molecule has 22 heavy (non-hydrogen) atoms. The highest BCUT2D eigenvalue weighted by atomic mass is 32.2. The maximum Gasteiger partial charge on any atom is 0.252 e. The molecule has 2 saturated heterocycles. The normalized spacial score (nSPS) is 23.4. The Morgan fingerprint density at radius 1 is 1.23 bits per heavy atom. The summed E-state index contributed by atoms with van der Waals surface area (Å²) in [5.41, 5.74) is 1.19. The van der Waals surface area contributed by atoms with Crippen molar-refractivity contribution in [2.75, 3.05) is 26.7 Å². The fraction of sp³-hybridized carbons (Fsp3) is 0.467. The molecule has 3 rings (SSSR count). The number of fused-ring (bicyclic) bond motifs is 1. The zero-order valence-electron chi connectivity index (χ0n) is 12.5. The Hall–Kier alpha value is -1.57. The molecule has 0 aromatic heterocycles. The monoisotopic (exact) mass is 321 g/mol. The van der Waals surface area contributed by atoms with Gasteiger partial charge in [0, 0.05) is 25.8 Å². The summed E-state index contributed by atoms with van der Waals surface area (Å²) in [6.07, 6.45) is 0.141. The fourth-order valence-corrected chi connectivity index (χ4v) is 3.54. The van der Waals surface area contributed by atoms with Crippen molar-refractivity contribution in [2.24, 2.45) is 0 Å². The third kappa shape index (κ3) is 3.26. The van der Waals surface area contributed by atoms with Crippen LogP contribution in [0.3, 0.4) is 0 Å². The molecule has 2 aliphatic heterocycles. The molecule has 0 spiro atoms. The highest BCUT2D eigenvalue weighted by molar-refractivity contribution is 7.96. The van der Waals surface area contributed by atoms with E-state index in [1.807, 2.05) is 18.2 Å². The standard InChI is InChI=1S/C15H19N3O3S/c1-16-9-13-17(8-7-14(16)19)15(20)10-21-18(13)22-11-12-5-3-2-4-6-12/h2-6,13H,7-11H2,1H3. The molecule has 2 amide bonds. The maximum atomic E-state index is 12.0. The van der Waals surface area contributed by atoms with E-state index in [9.17, 15) is 9.59 Å². The number of hydrogen-bond donors (Lipinski definition) is 0. The number of benzene rings is 1. The number of hydroxylamine groups is 1. The van der Waals surface area contributed by atoms with Gasteiger partial charge in [0.2, 0.25) is 5.91 Å². The Morgan fingerprint density at radius 2 is 2.00 bits per heavy atom. The van der Waals surface area contributed by atoms with E-state index in [0.29, 0.717) is 19.5 Å². The van der Waals surface area contributed by atoms with Crippen LogP contribution in [0.15, 0.2) is 30.3 Å². The number of hydrogen-bond acceptors (Lipinski definition) is 5. The van der Waals surface area contributed by atoms with Crippen molar-refractivity contribution in [3.05, 3.63) is 35.9 Å². The summed E-state index contributed by atoms with van der Waals surface area (Å²) in [7, 11) is 1.77. The Labute approximate surface area is 134 Å². The lowest BCUT2D eigenvalue weighted by Gasteiger charge is -2.41. The van der Waals surface area contributed by atoms with E-state index in [1.54, 1.807) is 21.3 Å². The predicted octanol–water partition coefficient (Wildman–Crippen LogP) is 1.10. The summed E-state index contributed by atoms with van der Waals surface area (Å²) in [4.78, 5) is 32.9. The van der Waals surface area contributed by atoms with Crippen molar-refractivity contribution in [2.45, 2.75) is 18.3 Å². The van der Waals surface area contributed by atoms with Gasteiger partial charge in [-0.2, -0.15) is 0 Å². The molecule has 0 radical (unpaired) electrons. The van der Waals surface area contributed by atoms with Crippen LogP contribution in [0, 0.1) is 0 Å². The number of carbonyl (C=O) groups is 2. The van der Waals surface area contributed by atoms with Crippen LogP contribution in [-0.4, -0.2) is 59.0 Å². The Bertz CT molecular complexity index is 554. The molecule has 2 heterocycles. The minimum atomic E-state index is -0.230. The van der Waals surface area contributed by atoms with Crippen LogP contribution in [0.2, 0.25) is 0 Å². The summed E-state index contributed by atoms with van der Waals surface area (Å²) in [6, 6.07) is 10.1. The lowest BCUT2D eigenvalue weighted by molar-refractivity contribution is -0.199. The van der Waals surface area contributed by atoms with Gasteiger partial charge in [-0.1, -0.05) is 30.3 Å². The van der Waals surface area contributed by atoms with Crippen molar-refractivity contribution in [1.29, 1.82) is 0 Å². The fourth-order valence-electron chi connectivity index (χ4n) is 2.60. The van der Waals surface area contributed by atoms with Gasteiger partial charge in [0.15, 0.2) is 0 Å². The van der Waals surface area contributed by atoms with E-state index in [1.165, 1.54) is 17.5 Å². The first kappa shape index (κ1) is 15.3. The molecule has 2 aliphatic rings. The lowest BCUT2D eigenvalue weighted by atomic mass is 10.2. The quantitative estimate of drug-likeness (QED) is 0.780. The largest absolute Gasteiger partial charge is 0.342 e. The van der Waals surface area contributed by atoms with Gasteiger partial charge in [-0.3, -0.25) is 14.4 Å². The van der Waals surface area contributed by atoms with Gasteiger partial charge in [0.05, 0.1) is 6.54 Å². The highest BCUT2D eigenvalue weighted by Crippen LogP contribution is 2.27. The van der Waals surface area contributed by atoms with Gasteiger partial charge >= 0.3 is 0 Å². The first-order valence-electron chi connectivity index (χ1n) is 7.27. The smallest absolute Gasteiger partial charge is 0.252 e. The molecule has 0 bridgehead atoms. The van der Waals surface area contributed by atoms with E-state index in [2.05, 4.69) is 12.1 Å². The first-order valence-corrected chi connectivity index (χ1v) is 8.22. The molecule has 7 heteroatoms. The van der Waals surface area contributed by atoms with Crippen LogP contribution in [0.5, 0.6) is 0 Å². The number of nitrogens with zero attached hydrogens (tertiary/aromatic N) is 3. The van der Waals surface area contributed by atoms with E-state index in [-0.39, 0.29) is 24.6 Å². The van der Waals surface area contributed by atoms with Gasteiger partial charge in [-0.25, -0.2) is 0 Å². The van der Waals surface area contributed by atoms with Gasteiger partial charge in [-0.15, -0.1) is 4.47 Å². The predicted molar refractivity (Wildman–Crippen MR) is 83.3 cm³/mol. The second-order valence-corrected chi connectivity index (χ2v) is 6.32. The van der Waals surface area contributed by atoms with Crippen LogP contribution >= 0.6 is 11.9 Å². The van der Waals surface area contributed by atoms with E-state index >= 15 is 0 Å². The third-order valence-electron chi connectivity index (χ3n) is 3.87. The van der Waals surface area contributed by atoms with Crippen LogP contribution < -0.4 is 0 Å². The molecule has 1 aromatic carbocycles. The number of rotatable bonds is 3.